The minimum atomic E-state index is -0.804. The molecule has 1 aliphatic rings. The van der Waals surface area contributed by atoms with Crippen LogP contribution < -0.4 is 4.74 Å². The van der Waals surface area contributed by atoms with E-state index < -0.39 is 17.7 Å². The van der Waals surface area contributed by atoms with Crippen LogP contribution >= 0.6 is 0 Å². The van der Waals surface area contributed by atoms with Crippen LogP contribution in [0.1, 0.15) is 23.6 Å². The number of phenolic OH excluding ortho intramolecular Hbond substituents is 1. The molecule has 7 nitrogen and oxygen atoms in total. The van der Waals surface area contributed by atoms with Gasteiger partial charge in [0.1, 0.15) is 5.76 Å². The van der Waals surface area contributed by atoms with Gasteiger partial charge in [-0.2, -0.15) is 0 Å². The van der Waals surface area contributed by atoms with E-state index in [4.69, 9.17) is 9.47 Å². The maximum atomic E-state index is 12.8. The van der Waals surface area contributed by atoms with Crippen molar-refractivity contribution >= 4 is 17.4 Å². The number of Topliss-reactive ketones (excluding diaryl/α,β-unsaturated/α-hetero) is 1. The van der Waals surface area contributed by atoms with Crippen LogP contribution in [0.4, 0.5) is 0 Å². The van der Waals surface area contributed by atoms with Gasteiger partial charge in [-0.3, -0.25) is 9.59 Å². The molecule has 1 fully saturated rings. The van der Waals surface area contributed by atoms with Gasteiger partial charge in [0.25, 0.3) is 11.7 Å². The van der Waals surface area contributed by atoms with Crippen LogP contribution in [0.25, 0.3) is 5.76 Å². The number of nitrogens with zero attached hydrogens (tertiary/aromatic N) is 1. The standard InChI is InChI=1S/C22H23NO6/c1-28-12-6-11-23-19(15-9-10-16(24)17(13-15)29-2)18(21(26)22(23)27)20(25)14-7-4-3-5-8-14/h3-5,7-10,13,19,24-25H,6,11-12H2,1-2H3/b20-18+/t19-/m1/s1. The quantitative estimate of drug-likeness (QED) is 0.323. The number of ketones is 1. The lowest BCUT2D eigenvalue weighted by atomic mass is 9.95. The molecule has 1 heterocycles. The second-order valence-electron chi connectivity index (χ2n) is 6.64. The zero-order chi connectivity index (χ0) is 21.0. The lowest BCUT2D eigenvalue weighted by Crippen LogP contribution is -2.31. The average molecular weight is 397 g/mol. The summed E-state index contributed by atoms with van der Waals surface area (Å²) in [5.41, 5.74) is 0.998. The van der Waals surface area contributed by atoms with Gasteiger partial charge >= 0.3 is 0 Å². The van der Waals surface area contributed by atoms with Crippen LogP contribution in [0.3, 0.4) is 0 Å². The second kappa shape index (κ2) is 8.79. The van der Waals surface area contributed by atoms with Crippen LogP contribution in [-0.2, 0) is 14.3 Å². The molecule has 2 N–H and O–H groups in total. The Balaban J connectivity index is 2.14. The molecule has 0 saturated carbocycles. The van der Waals surface area contributed by atoms with Crippen molar-refractivity contribution in [1.29, 1.82) is 0 Å². The first-order valence-corrected chi connectivity index (χ1v) is 9.19. The largest absolute Gasteiger partial charge is 0.507 e. The number of amides is 1. The van der Waals surface area contributed by atoms with E-state index in [0.717, 1.165) is 0 Å². The van der Waals surface area contributed by atoms with E-state index in [1.807, 2.05) is 0 Å². The molecule has 0 aliphatic carbocycles. The first kappa shape index (κ1) is 20.4. The molecule has 29 heavy (non-hydrogen) atoms. The number of ether oxygens (including phenoxy) is 2. The van der Waals surface area contributed by atoms with E-state index in [1.54, 1.807) is 49.6 Å². The summed E-state index contributed by atoms with van der Waals surface area (Å²) in [5, 5.41) is 20.8. The van der Waals surface area contributed by atoms with Crippen molar-refractivity contribution in [2.75, 3.05) is 27.4 Å². The number of aliphatic hydroxyl groups is 1. The number of hydrogen-bond acceptors (Lipinski definition) is 6. The minimum Gasteiger partial charge on any atom is -0.507 e. The summed E-state index contributed by atoms with van der Waals surface area (Å²) in [4.78, 5) is 27.0. The van der Waals surface area contributed by atoms with Gasteiger partial charge in [-0.25, -0.2) is 0 Å². The molecule has 1 aliphatic heterocycles. The van der Waals surface area contributed by atoms with Gasteiger partial charge in [-0.1, -0.05) is 36.4 Å². The number of carbonyl (C=O) groups excluding carboxylic acids is 2. The molecule has 1 atom stereocenters. The third-order valence-corrected chi connectivity index (χ3v) is 4.85. The minimum absolute atomic E-state index is 0.00589. The molecule has 0 bridgehead atoms. The van der Waals surface area contributed by atoms with Crippen molar-refractivity contribution in [3.63, 3.8) is 0 Å². The number of phenols is 1. The van der Waals surface area contributed by atoms with Crippen molar-refractivity contribution in [3.05, 3.63) is 65.2 Å². The first-order chi connectivity index (χ1) is 14.0. The fraction of sp³-hybridized carbons (Fsp3) is 0.273. The highest BCUT2D eigenvalue weighted by Crippen LogP contribution is 2.41. The summed E-state index contributed by atoms with van der Waals surface area (Å²) in [7, 11) is 2.98. The number of benzene rings is 2. The fourth-order valence-corrected chi connectivity index (χ4v) is 3.45. The van der Waals surface area contributed by atoms with Gasteiger partial charge in [-0.15, -0.1) is 0 Å². The molecule has 2 aromatic rings. The van der Waals surface area contributed by atoms with Crippen LogP contribution in [0.15, 0.2) is 54.1 Å². The summed E-state index contributed by atoms with van der Waals surface area (Å²) in [5.74, 6) is -1.52. The molecule has 1 amide bonds. The molecule has 0 spiro atoms. The SMILES string of the molecule is COCCCN1C(=O)C(=O)/C(=C(/O)c2ccccc2)[C@H]1c1ccc(O)c(OC)c1. The Bertz CT molecular complexity index is 938. The third-order valence-electron chi connectivity index (χ3n) is 4.85. The summed E-state index contributed by atoms with van der Waals surface area (Å²) in [6, 6.07) is 12.4. The molecule has 0 radical (unpaired) electrons. The number of aromatic hydroxyl groups is 1. The van der Waals surface area contributed by atoms with E-state index in [1.165, 1.54) is 18.1 Å². The van der Waals surface area contributed by atoms with Gasteiger partial charge < -0.3 is 24.6 Å². The monoisotopic (exact) mass is 397 g/mol. The molecular formula is C22H23NO6. The Labute approximate surface area is 168 Å². The summed E-state index contributed by atoms with van der Waals surface area (Å²) in [6.45, 7) is 0.700. The Morgan fingerprint density at radius 1 is 1.10 bits per heavy atom. The lowest BCUT2D eigenvalue weighted by Gasteiger charge is -2.25. The Morgan fingerprint density at radius 3 is 2.48 bits per heavy atom. The van der Waals surface area contributed by atoms with Gasteiger partial charge in [0.05, 0.1) is 18.7 Å². The van der Waals surface area contributed by atoms with Crippen LogP contribution in [-0.4, -0.2) is 54.2 Å². The maximum Gasteiger partial charge on any atom is 0.295 e. The number of carbonyl (C=O) groups is 2. The smallest absolute Gasteiger partial charge is 0.295 e. The Hall–Kier alpha value is -3.32. The average Bonchev–Trinajstić information content (AvgIpc) is 2.99. The number of rotatable bonds is 7. The second-order valence-corrected chi connectivity index (χ2v) is 6.64. The van der Waals surface area contributed by atoms with E-state index in [2.05, 4.69) is 0 Å². The molecule has 3 rings (SSSR count). The molecular weight excluding hydrogens is 374 g/mol. The van der Waals surface area contributed by atoms with E-state index in [9.17, 15) is 19.8 Å². The van der Waals surface area contributed by atoms with Gasteiger partial charge in [0.2, 0.25) is 0 Å². The lowest BCUT2D eigenvalue weighted by molar-refractivity contribution is -0.140. The highest BCUT2D eigenvalue weighted by molar-refractivity contribution is 6.46. The summed E-state index contributed by atoms with van der Waals surface area (Å²) < 4.78 is 10.2. The van der Waals surface area contributed by atoms with Gasteiger partial charge in [0, 0.05) is 25.8 Å². The third kappa shape index (κ3) is 3.95. The van der Waals surface area contributed by atoms with Gasteiger partial charge in [-0.05, 0) is 24.1 Å². The normalized spacial score (nSPS) is 18.3. The molecule has 0 unspecified atom stereocenters. The molecule has 1 saturated heterocycles. The number of aliphatic hydroxyl groups excluding tert-OH is 1. The Kier molecular flexibility index (Phi) is 6.19. The first-order valence-electron chi connectivity index (χ1n) is 9.19. The number of hydrogen-bond donors (Lipinski definition) is 2. The molecule has 2 aromatic carbocycles. The Morgan fingerprint density at radius 2 is 1.83 bits per heavy atom. The van der Waals surface area contributed by atoms with E-state index in [0.29, 0.717) is 24.2 Å². The van der Waals surface area contributed by atoms with Crippen LogP contribution in [0.5, 0.6) is 11.5 Å². The molecule has 0 aromatic heterocycles. The predicted molar refractivity (Wildman–Crippen MR) is 107 cm³/mol. The van der Waals surface area contributed by atoms with E-state index in [-0.39, 0.29) is 29.4 Å². The zero-order valence-electron chi connectivity index (χ0n) is 16.3. The number of likely N-dealkylation sites (tertiary alicyclic amines) is 1. The highest BCUT2D eigenvalue weighted by Gasteiger charge is 2.46. The van der Waals surface area contributed by atoms with Crippen LogP contribution in [0.2, 0.25) is 0 Å². The summed E-state index contributed by atoms with van der Waals surface area (Å²) >= 11 is 0. The van der Waals surface area contributed by atoms with E-state index >= 15 is 0 Å². The van der Waals surface area contributed by atoms with Crippen molar-refractivity contribution < 1.29 is 29.3 Å². The summed E-state index contributed by atoms with van der Waals surface area (Å²) in [6.07, 6.45) is 0.528. The predicted octanol–water partition coefficient (Wildman–Crippen LogP) is 2.86. The topological polar surface area (TPSA) is 96.3 Å². The van der Waals surface area contributed by atoms with Crippen molar-refractivity contribution in [2.24, 2.45) is 0 Å². The maximum absolute atomic E-state index is 12.8. The molecule has 7 heteroatoms. The van der Waals surface area contributed by atoms with Crippen molar-refractivity contribution in [3.8, 4) is 11.5 Å². The fourth-order valence-electron chi connectivity index (χ4n) is 3.45. The molecule has 152 valence electrons. The van der Waals surface area contributed by atoms with Crippen molar-refractivity contribution in [2.45, 2.75) is 12.5 Å². The van der Waals surface area contributed by atoms with Gasteiger partial charge in [0.15, 0.2) is 11.5 Å². The zero-order valence-corrected chi connectivity index (χ0v) is 16.3. The van der Waals surface area contributed by atoms with Crippen molar-refractivity contribution in [1.82, 2.24) is 4.90 Å². The number of methoxy groups -OCH3 is 2. The highest BCUT2D eigenvalue weighted by atomic mass is 16.5. The van der Waals surface area contributed by atoms with Crippen LogP contribution in [0, 0.1) is 0 Å².